The van der Waals surface area contributed by atoms with Crippen LogP contribution in [-0.2, 0) is 9.59 Å². The Morgan fingerprint density at radius 1 is 0.810 bits per heavy atom. The van der Waals surface area contributed by atoms with Gasteiger partial charge in [-0.15, -0.1) is 0 Å². The highest BCUT2D eigenvalue weighted by molar-refractivity contribution is 5.81. The van der Waals surface area contributed by atoms with Gasteiger partial charge in [0.1, 0.15) is 11.6 Å². The summed E-state index contributed by atoms with van der Waals surface area (Å²) < 4.78 is 0. The zero-order chi connectivity index (χ0) is 16.3. The van der Waals surface area contributed by atoms with Crippen molar-refractivity contribution in [3.63, 3.8) is 0 Å². The van der Waals surface area contributed by atoms with Gasteiger partial charge >= 0.3 is 0 Å². The summed E-state index contributed by atoms with van der Waals surface area (Å²) in [6.07, 6.45) is 8.71. The SMILES string of the molecule is CCCCCC(=O)CCCC(=O)CCCC(C)C(C)(C)C. The molecule has 2 heteroatoms. The van der Waals surface area contributed by atoms with Gasteiger partial charge in [0.05, 0.1) is 0 Å². The van der Waals surface area contributed by atoms with Crippen molar-refractivity contribution < 1.29 is 9.59 Å². The summed E-state index contributed by atoms with van der Waals surface area (Å²) in [4.78, 5) is 23.4. The molecule has 124 valence electrons. The Morgan fingerprint density at radius 3 is 1.76 bits per heavy atom. The number of rotatable bonds is 12. The van der Waals surface area contributed by atoms with E-state index in [1.165, 1.54) is 0 Å². The molecule has 2 nitrogen and oxygen atoms in total. The summed E-state index contributed by atoms with van der Waals surface area (Å²) in [7, 11) is 0. The lowest BCUT2D eigenvalue weighted by atomic mass is 9.79. The molecule has 0 spiro atoms. The molecule has 0 amide bonds. The Hall–Kier alpha value is -0.660. The maximum absolute atomic E-state index is 11.8. The van der Waals surface area contributed by atoms with Crippen molar-refractivity contribution in [2.45, 2.75) is 98.8 Å². The molecule has 0 N–H and O–H groups in total. The Kier molecular flexibility index (Phi) is 10.6. The summed E-state index contributed by atoms with van der Waals surface area (Å²) >= 11 is 0. The molecule has 1 atom stereocenters. The average molecular weight is 296 g/mol. The van der Waals surface area contributed by atoms with Gasteiger partial charge in [-0.3, -0.25) is 9.59 Å². The van der Waals surface area contributed by atoms with E-state index in [9.17, 15) is 9.59 Å². The molecule has 0 aromatic heterocycles. The summed E-state index contributed by atoms with van der Waals surface area (Å²) in [5, 5.41) is 0. The van der Waals surface area contributed by atoms with Gasteiger partial charge in [0.25, 0.3) is 0 Å². The van der Waals surface area contributed by atoms with Crippen LogP contribution in [0.15, 0.2) is 0 Å². The van der Waals surface area contributed by atoms with Crippen molar-refractivity contribution >= 4 is 11.6 Å². The maximum atomic E-state index is 11.8. The molecule has 0 aliphatic carbocycles. The summed E-state index contributed by atoms with van der Waals surface area (Å²) in [6, 6.07) is 0. The first-order chi connectivity index (χ1) is 9.77. The fraction of sp³-hybridized carbons (Fsp3) is 0.895. The van der Waals surface area contributed by atoms with E-state index in [0.29, 0.717) is 48.6 Å². The van der Waals surface area contributed by atoms with E-state index in [1.54, 1.807) is 0 Å². The minimum absolute atomic E-state index is 0.327. The van der Waals surface area contributed by atoms with Gasteiger partial charge in [-0.25, -0.2) is 0 Å². The third-order valence-electron chi connectivity index (χ3n) is 4.54. The number of ketones is 2. The molecule has 0 aliphatic rings. The highest BCUT2D eigenvalue weighted by Crippen LogP contribution is 2.29. The topological polar surface area (TPSA) is 34.1 Å². The van der Waals surface area contributed by atoms with Gasteiger partial charge in [-0.1, -0.05) is 47.5 Å². The highest BCUT2D eigenvalue weighted by Gasteiger charge is 2.19. The summed E-state index contributed by atoms with van der Waals surface area (Å²) in [6.45, 7) is 11.2. The van der Waals surface area contributed by atoms with Crippen LogP contribution in [0.4, 0.5) is 0 Å². The molecule has 0 bridgehead atoms. The molecule has 0 saturated heterocycles. The van der Waals surface area contributed by atoms with Gasteiger partial charge in [-0.05, 0) is 37.0 Å². The normalized spacial score (nSPS) is 13.2. The van der Waals surface area contributed by atoms with Crippen molar-refractivity contribution in [3.05, 3.63) is 0 Å². The third kappa shape index (κ3) is 11.7. The Labute approximate surface area is 132 Å². The van der Waals surface area contributed by atoms with Crippen molar-refractivity contribution in [1.29, 1.82) is 0 Å². The van der Waals surface area contributed by atoms with Gasteiger partial charge < -0.3 is 0 Å². The van der Waals surface area contributed by atoms with Gasteiger partial charge in [0.15, 0.2) is 0 Å². The molecular weight excluding hydrogens is 260 g/mol. The quantitative estimate of drug-likeness (QED) is 0.431. The van der Waals surface area contributed by atoms with Crippen LogP contribution >= 0.6 is 0 Å². The van der Waals surface area contributed by atoms with Crippen LogP contribution in [0.2, 0.25) is 0 Å². The zero-order valence-electron chi connectivity index (χ0n) is 15.0. The van der Waals surface area contributed by atoms with Crippen molar-refractivity contribution in [2.24, 2.45) is 11.3 Å². The van der Waals surface area contributed by atoms with E-state index in [0.717, 1.165) is 38.5 Å². The predicted octanol–water partition coefficient (Wildman–Crippen LogP) is 5.73. The first-order valence-electron chi connectivity index (χ1n) is 8.80. The number of carbonyl (C=O) groups excluding carboxylic acids is 2. The molecule has 0 aromatic carbocycles. The van der Waals surface area contributed by atoms with E-state index in [2.05, 4.69) is 34.6 Å². The van der Waals surface area contributed by atoms with Crippen LogP contribution in [-0.4, -0.2) is 11.6 Å². The Balaban J connectivity index is 3.61. The zero-order valence-corrected chi connectivity index (χ0v) is 15.0. The first kappa shape index (κ1) is 20.3. The van der Waals surface area contributed by atoms with Gasteiger partial charge in [-0.2, -0.15) is 0 Å². The van der Waals surface area contributed by atoms with Crippen LogP contribution in [0.3, 0.4) is 0 Å². The standard InChI is InChI=1S/C19H36O2/c1-6-7-8-12-17(20)14-10-15-18(21)13-9-11-16(2)19(3,4)5/h16H,6-15H2,1-5H3. The monoisotopic (exact) mass is 296 g/mol. The van der Waals surface area contributed by atoms with Crippen LogP contribution in [0.25, 0.3) is 0 Å². The second-order valence-corrected chi connectivity index (χ2v) is 7.55. The number of Topliss-reactive ketones (excluding diaryl/α,β-unsaturated/α-hetero) is 2. The number of unbranched alkanes of at least 4 members (excludes halogenated alkanes) is 2. The smallest absolute Gasteiger partial charge is 0.132 e. The van der Waals surface area contributed by atoms with Gasteiger partial charge in [0.2, 0.25) is 0 Å². The van der Waals surface area contributed by atoms with Gasteiger partial charge in [0, 0.05) is 25.7 Å². The summed E-state index contributed by atoms with van der Waals surface area (Å²) in [5.74, 6) is 1.31. The molecular formula is C19H36O2. The van der Waals surface area contributed by atoms with E-state index >= 15 is 0 Å². The maximum Gasteiger partial charge on any atom is 0.132 e. The predicted molar refractivity (Wildman–Crippen MR) is 90.5 cm³/mol. The van der Waals surface area contributed by atoms with Crippen LogP contribution in [0.5, 0.6) is 0 Å². The molecule has 1 unspecified atom stereocenters. The Morgan fingerprint density at radius 2 is 1.29 bits per heavy atom. The fourth-order valence-electron chi connectivity index (χ4n) is 2.34. The molecule has 0 fully saturated rings. The Bertz CT molecular complexity index is 299. The minimum Gasteiger partial charge on any atom is -0.300 e. The molecule has 0 aromatic rings. The van der Waals surface area contributed by atoms with Crippen LogP contribution in [0, 0.1) is 11.3 Å². The molecule has 0 heterocycles. The average Bonchev–Trinajstić information content (AvgIpc) is 2.37. The second kappa shape index (κ2) is 11.0. The largest absolute Gasteiger partial charge is 0.300 e. The van der Waals surface area contributed by atoms with Crippen molar-refractivity contribution in [1.82, 2.24) is 0 Å². The molecule has 0 rings (SSSR count). The molecule has 0 aliphatic heterocycles. The number of hydrogen-bond acceptors (Lipinski definition) is 2. The van der Waals surface area contributed by atoms with E-state index in [1.807, 2.05) is 0 Å². The highest BCUT2D eigenvalue weighted by atomic mass is 16.1. The first-order valence-corrected chi connectivity index (χ1v) is 8.80. The third-order valence-corrected chi connectivity index (χ3v) is 4.54. The molecule has 21 heavy (non-hydrogen) atoms. The lowest BCUT2D eigenvalue weighted by molar-refractivity contribution is -0.120. The summed E-state index contributed by atoms with van der Waals surface area (Å²) in [5.41, 5.74) is 0.327. The number of carbonyl (C=O) groups is 2. The fourth-order valence-corrected chi connectivity index (χ4v) is 2.34. The van der Waals surface area contributed by atoms with Crippen LogP contribution < -0.4 is 0 Å². The van der Waals surface area contributed by atoms with E-state index < -0.39 is 0 Å². The van der Waals surface area contributed by atoms with Crippen LogP contribution in [0.1, 0.15) is 98.8 Å². The number of hydrogen-bond donors (Lipinski definition) is 0. The lowest BCUT2D eigenvalue weighted by Crippen LogP contribution is -2.17. The molecule has 0 radical (unpaired) electrons. The van der Waals surface area contributed by atoms with E-state index in [-0.39, 0.29) is 0 Å². The second-order valence-electron chi connectivity index (χ2n) is 7.55. The lowest BCUT2D eigenvalue weighted by Gasteiger charge is -2.27. The minimum atomic E-state index is 0.327. The van der Waals surface area contributed by atoms with Crippen molar-refractivity contribution in [2.75, 3.05) is 0 Å². The molecule has 0 saturated carbocycles. The van der Waals surface area contributed by atoms with E-state index in [4.69, 9.17) is 0 Å². The van der Waals surface area contributed by atoms with Crippen molar-refractivity contribution in [3.8, 4) is 0 Å².